The van der Waals surface area contributed by atoms with Crippen molar-refractivity contribution in [3.8, 4) is 55.9 Å². The summed E-state index contributed by atoms with van der Waals surface area (Å²) in [6.07, 6.45) is 0. The number of carbonyl (C=O) groups is 1. The van der Waals surface area contributed by atoms with Gasteiger partial charge in [0.25, 0.3) is 0 Å². The lowest BCUT2D eigenvalue weighted by atomic mass is 9.68. The van der Waals surface area contributed by atoms with Gasteiger partial charge in [-0.2, -0.15) is 0 Å². The highest BCUT2D eigenvalue weighted by Crippen LogP contribution is 2.44. The molecular weight excluding hydrogens is 571 g/mol. The number of pyridine rings is 1. The van der Waals surface area contributed by atoms with Crippen LogP contribution in [0.5, 0.6) is 0 Å². The van der Waals surface area contributed by atoms with Gasteiger partial charge in [-0.3, -0.25) is 4.79 Å². The summed E-state index contributed by atoms with van der Waals surface area (Å²) in [7, 11) is 0. The molecule has 47 heavy (non-hydrogen) atoms. The summed E-state index contributed by atoms with van der Waals surface area (Å²) in [5.41, 5.74) is 14.4. The molecule has 0 saturated heterocycles. The Morgan fingerprint density at radius 3 is 1.47 bits per heavy atom. The fourth-order valence-corrected chi connectivity index (χ4v) is 6.98. The largest absolute Gasteiger partial charge is 0.289 e. The second-order valence-corrected chi connectivity index (χ2v) is 12.7. The van der Waals surface area contributed by atoms with E-state index in [2.05, 4.69) is 141 Å². The minimum atomic E-state index is -0.284. The van der Waals surface area contributed by atoms with Crippen molar-refractivity contribution < 1.29 is 4.79 Å². The Morgan fingerprint density at radius 2 is 0.851 bits per heavy atom. The molecule has 0 saturated carbocycles. The maximum Gasteiger partial charge on any atom is 0.193 e. The van der Waals surface area contributed by atoms with Crippen LogP contribution in [0.15, 0.2) is 164 Å². The summed E-state index contributed by atoms with van der Waals surface area (Å²) in [4.78, 5) is 18.5. The minimum absolute atomic E-state index is 0.104. The number of rotatable bonds is 5. The smallest absolute Gasteiger partial charge is 0.193 e. The molecule has 0 unspecified atom stereocenters. The van der Waals surface area contributed by atoms with Crippen molar-refractivity contribution in [3.05, 3.63) is 186 Å². The first-order valence-electron chi connectivity index (χ1n) is 16.1. The normalized spacial score (nSPS) is 13.1. The fraction of sp³-hybridized carbons (Fsp3) is 0.0667. The van der Waals surface area contributed by atoms with Gasteiger partial charge in [0.2, 0.25) is 0 Å². The maximum absolute atomic E-state index is 13.5. The summed E-state index contributed by atoms with van der Waals surface area (Å²) in [5.74, 6) is 0.104. The highest BCUT2D eigenvalue weighted by Gasteiger charge is 2.36. The molecule has 0 atom stereocenters. The van der Waals surface area contributed by atoms with Gasteiger partial charge in [0.1, 0.15) is 0 Å². The predicted molar refractivity (Wildman–Crippen MR) is 193 cm³/mol. The quantitative estimate of drug-likeness (QED) is 0.196. The van der Waals surface area contributed by atoms with Crippen LogP contribution >= 0.6 is 0 Å². The number of benzene rings is 6. The zero-order valence-electron chi connectivity index (χ0n) is 26.4. The molecule has 0 fully saturated rings. The lowest BCUT2D eigenvalue weighted by molar-refractivity contribution is 0.103. The molecule has 6 aromatic carbocycles. The number of hydrogen-bond acceptors (Lipinski definition) is 2. The van der Waals surface area contributed by atoms with Crippen LogP contribution in [0.4, 0.5) is 0 Å². The molecule has 1 aliphatic rings. The first-order chi connectivity index (χ1) is 23.0. The molecule has 0 spiro atoms. The van der Waals surface area contributed by atoms with Crippen LogP contribution in [-0.2, 0) is 5.41 Å². The Morgan fingerprint density at radius 1 is 0.383 bits per heavy atom. The SMILES string of the molecule is CC1(C)c2ccccc2C(=O)c2ccc(-c3ccccc3-c3ccc(-c4cc(-c5ccccc5)nc(-c5ccccc5)c4)cc3)cc21. The van der Waals surface area contributed by atoms with Crippen molar-refractivity contribution in [2.75, 3.05) is 0 Å². The van der Waals surface area contributed by atoms with Crippen LogP contribution < -0.4 is 0 Å². The van der Waals surface area contributed by atoms with Crippen LogP contribution in [0.25, 0.3) is 55.9 Å². The standard InChI is InChI=1S/C45H33NO/c1-45(2)40-20-12-11-19-38(40)44(47)39-26-25-34(27-41(39)45)37-18-10-9-17-36(37)31-23-21-30(22-24-31)35-28-42(32-13-5-3-6-14-32)46-43(29-35)33-15-7-4-8-16-33/h3-29H,1-2H3. The Labute approximate surface area is 276 Å². The number of fused-ring (bicyclic) bond motifs is 2. The molecule has 0 N–H and O–H groups in total. The summed E-state index contributed by atoms with van der Waals surface area (Å²) in [5, 5.41) is 0. The van der Waals surface area contributed by atoms with Gasteiger partial charge in [-0.15, -0.1) is 0 Å². The lowest BCUT2D eigenvalue weighted by Crippen LogP contribution is -2.30. The molecule has 1 aromatic heterocycles. The van der Waals surface area contributed by atoms with Gasteiger partial charge < -0.3 is 0 Å². The third-order valence-corrected chi connectivity index (χ3v) is 9.51. The molecule has 0 radical (unpaired) electrons. The van der Waals surface area contributed by atoms with Gasteiger partial charge in [0, 0.05) is 27.7 Å². The van der Waals surface area contributed by atoms with Gasteiger partial charge in [-0.05, 0) is 62.7 Å². The fourth-order valence-electron chi connectivity index (χ4n) is 6.98. The Hall–Kier alpha value is -5.86. The molecule has 7 aromatic rings. The van der Waals surface area contributed by atoms with Crippen molar-refractivity contribution in [2.24, 2.45) is 0 Å². The first kappa shape index (κ1) is 28.6. The zero-order valence-corrected chi connectivity index (χ0v) is 26.4. The predicted octanol–water partition coefficient (Wildman–Crippen LogP) is 11.3. The van der Waals surface area contributed by atoms with E-state index in [1.54, 1.807) is 0 Å². The van der Waals surface area contributed by atoms with E-state index in [0.29, 0.717) is 0 Å². The third-order valence-electron chi connectivity index (χ3n) is 9.51. The van der Waals surface area contributed by atoms with Crippen LogP contribution in [0, 0.1) is 0 Å². The summed E-state index contributed by atoms with van der Waals surface area (Å²) in [6, 6.07) is 56.8. The van der Waals surface area contributed by atoms with E-state index in [9.17, 15) is 4.79 Å². The molecule has 2 nitrogen and oxygen atoms in total. The second kappa shape index (κ2) is 11.5. The Balaban J connectivity index is 1.18. The van der Waals surface area contributed by atoms with E-state index in [-0.39, 0.29) is 11.2 Å². The average Bonchev–Trinajstić information content (AvgIpc) is 3.14. The molecule has 8 rings (SSSR count). The monoisotopic (exact) mass is 603 g/mol. The topological polar surface area (TPSA) is 30.0 Å². The van der Waals surface area contributed by atoms with Gasteiger partial charge in [0.05, 0.1) is 11.4 Å². The molecule has 1 aliphatic carbocycles. The highest BCUT2D eigenvalue weighted by atomic mass is 16.1. The molecule has 0 bridgehead atoms. The Kier molecular flexibility index (Phi) is 7.00. The molecule has 2 heteroatoms. The van der Waals surface area contributed by atoms with Crippen molar-refractivity contribution in [1.29, 1.82) is 0 Å². The van der Waals surface area contributed by atoms with Crippen molar-refractivity contribution in [3.63, 3.8) is 0 Å². The lowest BCUT2D eigenvalue weighted by Gasteiger charge is -2.34. The summed E-state index contributed by atoms with van der Waals surface area (Å²) < 4.78 is 0. The van der Waals surface area contributed by atoms with Crippen molar-refractivity contribution >= 4 is 5.78 Å². The zero-order chi connectivity index (χ0) is 32.0. The van der Waals surface area contributed by atoms with Gasteiger partial charge in [-0.1, -0.05) is 159 Å². The number of hydrogen-bond donors (Lipinski definition) is 0. The number of ketones is 1. The van der Waals surface area contributed by atoms with Crippen LogP contribution in [-0.4, -0.2) is 10.8 Å². The molecule has 0 amide bonds. The van der Waals surface area contributed by atoms with E-state index in [1.165, 1.54) is 0 Å². The second-order valence-electron chi connectivity index (χ2n) is 12.7. The summed E-state index contributed by atoms with van der Waals surface area (Å²) >= 11 is 0. The minimum Gasteiger partial charge on any atom is -0.289 e. The molecule has 1 heterocycles. The number of aromatic nitrogens is 1. The first-order valence-corrected chi connectivity index (χ1v) is 16.1. The average molecular weight is 604 g/mol. The number of nitrogens with zero attached hydrogens (tertiary/aromatic N) is 1. The van der Waals surface area contributed by atoms with Gasteiger partial charge in [0.15, 0.2) is 5.78 Å². The third kappa shape index (κ3) is 5.09. The van der Waals surface area contributed by atoms with Gasteiger partial charge in [-0.25, -0.2) is 4.98 Å². The molecule has 0 aliphatic heterocycles. The maximum atomic E-state index is 13.5. The van der Waals surface area contributed by atoms with E-state index in [4.69, 9.17) is 4.98 Å². The van der Waals surface area contributed by atoms with E-state index < -0.39 is 0 Å². The van der Waals surface area contributed by atoms with Crippen molar-refractivity contribution in [1.82, 2.24) is 4.98 Å². The van der Waals surface area contributed by atoms with E-state index >= 15 is 0 Å². The summed E-state index contributed by atoms with van der Waals surface area (Å²) in [6.45, 7) is 4.44. The Bertz CT molecular complexity index is 2210. The van der Waals surface area contributed by atoms with E-state index in [1.807, 2.05) is 36.4 Å². The van der Waals surface area contributed by atoms with Crippen LogP contribution in [0.3, 0.4) is 0 Å². The molecular formula is C45H33NO. The van der Waals surface area contributed by atoms with E-state index in [0.717, 1.165) is 78.1 Å². The molecule has 224 valence electrons. The van der Waals surface area contributed by atoms with Gasteiger partial charge >= 0.3 is 0 Å². The van der Waals surface area contributed by atoms with Crippen molar-refractivity contribution in [2.45, 2.75) is 19.3 Å². The highest BCUT2D eigenvalue weighted by molar-refractivity contribution is 6.13. The number of carbonyl (C=O) groups excluding carboxylic acids is 1. The van der Waals surface area contributed by atoms with Crippen LogP contribution in [0.2, 0.25) is 0 Å². The van der Waals surface area contributed by atoms with Crippen LogP contribution in [0.1, 0.15) is 40.9 Å².